The second-order valence-electron chi connectivity index (χ2n) is 6.93. The molecular weight excluding hydrogens is 444 g/mol. The summed E-state index contributed by atoms with van der Waals surface area (Å²) in [5.41, 5.74) is 0.714. The van der Waals surface area contributed by atoms with Crippen LogP contribution in [-0.2, 0) is 21.2 Å². The van der Waals surface area contributed by atoms with E-state index < -0.39 is 10.0 Å². The zero-order valence-electron chi connectivity index (χ0n) is 17.6. The average Bonchev–Trinajstić information content (AvgIpc) is 2.78. The van der Waals surface area contributed by atoms with Crippen LogP contribution in [0.4, 0.5) is 0 Å². The molecule has 3 rings (SSSR count). The molecule has 2 aromatic carbocycles. The number of methoxy groups -OCH3 is 3. The summed E-state index contributed by atoms with van der Waals surface area (Å²) in [4.78, 5) is 14.6. The van der Waals surface area contributed by atoms with Crippen molar-refractivity contribution < 1.29 is 27.4 Å². The second kappa shape index (κ2) is 9.76. The van der Waals surface area contributed by atoms with E-state index in [0.29, 0.717) is 35.9 Å². The Kier molecular flexibility index (Phi) is 7.30. The van der Waals surface area contributed by atoms with Crippen molar-refractivity contribution >= 4 is 27.5 Å². The molecule has 0 aromatic heterocycles. The standard InChI is InChI=1S/C21H25ClN2O6S/c1-28-17-12-15(13-18(29-2)21(17)30-3)14-20(25)23-8-10-24(11-9-23)31(26,27)19-7-5-4-6-16(19)22/h4-7,12-13H,8-11,14H2,1-3H3. The van der Waals surface area contributed by atoms with Crippen molar-refractivity contribution in [2.24, 2.45) is 0 Å². The van der Waals surface area contributed by atoms with Gasteiger partial charge in [-0.05, 0) is 29.8 Å². The summed E-state index contributed by atoms with van der Waals surface area (Å²) in [6, 6.07) is 9.82. The van der Waals surface area contributed by atoms with Crippen molar-refractivity contribution in [3.8, 4) is 17.2 Å². The lowest BCUT2D eigenvalue weighted by Crippen LogP contribution is -2.50. The van der Waals surface area contributed by atoms with Crippen molar-refractivity contribution in [3.63, 3.8) is 0 Å². The number of ether oxygens (including phenoxy) is 3. The van der Waals surface area contributed by atoms with Gasteiger partial charge in [0.05, 0.1) is 32.8 Å². The number of halogens is 1. The quantitative estimate of drug-likeness (QED) is 0.620. The summed E-state index contributed by atoms with van der Waals surface area (Å²) in [6.07, 6.45) is 0.133. The fourth-order valence-corrected chi connectivity index (χ4v) is 5.41. The zero-order chi connectivity index (χ0) is 22.6. The summed E-state index contributed by atoms with van der Waals surface area (Å²) >= 11 is 6.07. The number of nitrogens with zero attached hydrogens (tertiary/aromatic N) is 2. The summed E-state index contributed by atoms with van der Waals surface area (Å²) < 4.78 is 43.1. The number of hydrogen-bond acceptors (Lipinski definition) is 6. The van der Waals surface area contributed by atoms with Crippen LogP contribution in [0.1, 0.15) is 5.56 Å². The van der Waals surface area contributed by atoms with Gasteiger partial charge in [-0.25, -0.2) is 8.42 Å². The van der Waals surface area contributed by atoms with E-state index in [9.17, 15) is 13.2 Å². The molecule has 1 aliphatic heterocycles. The number of benzene rings is 2. The van der Waals surface area contributed by atoms with E-state index in [0.717, 1.165) is 0 Å². The number of piperazine rings is 1. The number of hydrogen-bond donors (Lipinski definition) is 0. The Morgan fingerprint density at radius 3 is 2.06 bits per heavy atom. The van der Waals surface area contributed by atoms with Gasteiger partial charge < -0.3 is 19.1 Å². The third-order valence-electron chi connectivity index (χ3n) is 5.13. The SMILES string of the molecule is COc1cc(CC(=O)N2CCN(S(=O)(=O)c3ccccc3Cl)CC2)cc(OC)c1OC. The summed E-state index contributed by atoms with van der Waals surface area (Å²) in [7, 11) is 0.836. The van der Waals surface area contributed by atoms with Crippen LogP contribution in [0.2, 0.25) is 5.02 Å². The van der Waals surface area contributed by atoms with Crippen molar-refractivity contribution in [3.05, 3.63) is 47.0 Å². The molecule has 0 bridgehead atoms. The maximum absolute atomic E-state index is 12.9. The number of carbonyl (C=O) groups excluding carboxylic acids is 1. The van der Waals surface area contributed by atoms with Crippen LogP contribution < -0.4 is 14.2 Å². The largest absolute Gasteiger partial charge is 0.493 e. The molecule has 1 amide bonds. The highest BCUT2D eigenvalue weighted by atomic mass is 35.5. The monoisotopic (exact) mass is 468 g/mol. The minimum Gasteiger partial charge on any atom is -0.493 e. The van der Waals surface area contributed by atoms with Gasteiger partial charge in [0.25, 0.3) is 0 Å². The van der Waals surface area contributed by atoms with Gasteiger partial charge in [0.2, 0.25) is 21.7 Å². The Morgan fingerprint density at radius 1 is 0.968 bits per heavy atom. The van der Waals surface area contributed by atoms with Crippen molar-refractivity contribution in [1.82, 2.24) is 9.21 Å². The number of carbonyl (C=O) groups is 1. The molecule has 0 atom stereocenters. The highest BCUT2D eigenvalue weighted by Gasteiger charge is 2.31. The van der Waals surface area contributed by atoms with E-state index in [4.69, 9.17) is 25.8 Å². The molecule has 0 N–H and O–H groups in total. The second-order valence-corrected chi connectivity index (χ2v) is 9.24. The maximum atomic E-state index is 12.9. The molecule has 0 radical (unpaired) electrons. The Hall–Kier alpha value is -2.49. The van der Waals surface area contributed by atoms with Crippen LogP contribution >= 0.6 is 11.6 Å². The molecule has 1 heterocycles. The molecule has 1 fully saturated rings. The molecular formula is C21H25ClN2O6S. The van der Waals surface area contributed by atoms with Gasteiger partial charge in [0.1, 0.15) is 4.90 Å². The fraction of sp³-hybridized carbons (Fsp3) is 0.381. The smallest absolute Gasteiger partial charge is 0.244 e. The maximum Gasteiger partial charge on any atom is 0.244 e. The summed E-state index contributed by atoms with van der Waals surface area (Å²) in [5.74, 6) is 1.30. The Labute approximate surface area is 187 Å². The van der Waals surface area contributed by atoms with E-state index in [2.05, 4.69) is 0 Å². The van der Waals surface area contributed by atoms with E-state index in [1.54, 1.807) is 35.2 Å². The first-order chi connectivity index (χ1) is 14.8. The van der Waals surface area contributed by atoms with Crippen LogP contribution in [0.15, 0.2) is 41.3 Å². The molecule has 10 heteroatoms. The van der Waals surface area contributed by atoms with Gasteiger partial charge >= 0.3 is 0 Å². The van der Waals surface area contributed by atoms with Gasteiger partial charge in [-0.2, -0.15) is 4.31 Å². The number of amides is 1. The van der Waals surface area contributed by atoms with E-state index >= 15 is 0 Å². The topological polar surface area (TPSA) is 85.4 Å². The molecule has 168 valence electrons. The van der Waals surface area contributed by atoms with Gasteiger partial charge in [-0.1, -0.05) is 23.7 Å². The van der Waals surface area contributed by atoms with Crippen LogP contribution in [0, 0.1) is 0 Å². The van der Waals surface area contributed by atoms with Gasteiger partial charge in [0, 0.05) is 26.2 Å². The summed E-state index contributed by atoms with van der Waals surface area (Å²) in [6.45, 7) is 1.00. The minimum atomic E-state index is -3.71. The number of rotatable bonds is 7. The third-order valence-corrected chi connectivity index (χ3v) is 7.52. The lowest BCUT2D eigenvalue weighted by Gasteiger charge is -2.34. The molecule has 8 nitrogen and oxygen atoms in total. The first-order valence-corrected chi connectivity index (χ1v) is 11.4. The number of sulfonamides is 1. The minimum absolute atomic E-state index is 0.0777. The van der Waals surface area contributed by atoms with Crippen LogP contribution in [0.25, 0.3) is 0 Å². The summed E-state index contributed by atoms with van der Waals surface area (Å²) in [5, 5.41) is 0.184. The molecule has 1 saturated heterocycles. The Morgan fingerprint density at radius 2 is 1.55 bits per heavy atom. The first-order valence-electron chi connectivity index (χ1n) is 9.63. The van der Waals surface area contributed by atoms with E-state index in [1.165, 1.54) is 31.7 Å². The normalized spacial score (nSPS) is 14.9. The van der Waals surface area contributed by atoms with Gasteiger partial charge in [-0.3, -0.25) is 4.79 Å². The molecule has 0 aliphatic carbocycles. The van der Waals surface area contributed by atoms with Crippen LogP contribution in [0.3, 0.4) is 0 Å². The predicted molar refractivity (Wildman–Crippen MR) is 117 cm³/mol. The molecule has 0 unspecified atom stereocenters. The highest BCUT2D eigenvalue weighted by molar-refractivity contribution is 7.89. The van der Waals surface area contributed by atoms with Crippen molar-refractivity contribution in [2.45, 2.75) is 11.3 Å². The van der Waals surface area contributed by atoms with E-state index in [-0.39, 0.29) is 35.3 Å². The third kappa shape index (κ3) is 4.89. The predicted octanol–water partition coefficient (Wildman–Crippen LogP) is 2.44. The lowest BCUT2D eigenvalue weighted by atomic mass is 10.1. The average molecular weight is 469 g/mol. The molecule has 2 aromatic rings. The lowest BCUT2D eigenvalue weighted by molar-refractivity contribution is -0.131. The highest BCUT2D eigenvalue weighted by Crippen LogP contribution is 2.38. The van der Waals surface area contributed by atoms with Crippen LogP contribution in [0.5, 0.6) is 17.2 Å². The Balaban J connectivity index is 1.68. The van der Waals surface area contributed by atoms with Gasteiger partial charge in [0.15, 0.2) is 11.5 Å². The molecule has 1 aliphatic rings. The van der Waals surface area contributed by atoms with Crippen molar-refractivity contribution in [2.75, 3.05) is 47.5 Å². The first kappa shape index (κ1) is 23.2. The zero-order valence-corrected chi connectivity index (χ0v) is 19.2. The van der Waals surface area contributed by atoms with Gasteiger partial charge in [-0.15, -0.1) is 0 Å². The molecule has 0 saturated carbocycles. The van der Waals surface area contributed by atoms with E-state index in [1.807, 2.05) is 0 Å². The molecule has 0 spiro atoms. The van der Waals surface area contributed by atoms with Crippen molar-refractivity contribution in [1.29, 1.82) is 0 Å². The Bertz CT molecular complexity index is 1030. The fourth-order valence-electron chi connectivity index (χ4n) is 3.49. The molecule has 31 heavy (non-hydrogen) atoms. The van der Waals surface area contributed by atoms with Crippen LogP contribution in [-0.4, -0.2) is 71.0 Å².